The van der Waals surface area contributed by atoms with Gasteiger partial charge < -0.3 is 9.47 Å². The third-order valence-electron chi connectivity index (χ3n) is 2.36. The number of carbonyl (C=O) groups is 1. The van der Waals surface area contributed by atoms with Crippen LogP contribution in [0.1, 0.15) is 5.56 Å². The second-order valence-electron chi connectivity index (χ2n) is 3.77. The van der Waals surface area contributed by atoms with Crippen molar-refractivity contribution in [2.45, 2.75) is 6.92 Å². The molecule has 0 radical (unpaired) electrons. The van der Waals surface area contributed by atoms with Crippen molar-refractivity contribution in [1.82, 2.24) is 15.2 Å². The first kappa shape index (κ1) is 12.9. The molecule has 7 nitrogen and oxygen atoms in total. The summed E-state index contributed by atoms with van der Waals surface area (Å²) >= 11 is 0. The van der Waals surface area contributed by atoms with E-state index in [9.17, 15) is 4.79 Å². The first-order valence-electron chi connectivity index (χ1n) is 5.63. The number of benzene rings is 1. The maximum atomic E-state index is 11.6. The van der Waals surface area contributed by atoms with Crippen LogP contribution < -0.4 is 14.8 Å². The minimum Gasteiger partial charge on any atom is -0.483 e. The topological polar surface area (TPSA) is 89.1 Å². The number of para-hydroxylation sites is 1. The molecule has 2 aromatic rings. The number of anilines is 1. The second kappa shape index (κ2) is 5.85. The number of carbonyl (C=O) groups excluding carboxylic acids is 1. The number of nitrogens with zero attached hydrogens (tertiary/aromatic N) is 2. The minimum absolute atomic E-state index is 0.103. The molecule has 7 heteroatoms. The predicted octanol–water partition coefficient (Wildman–Crippen LogP) is 1.14. The van der Waals surface area contributed by atoms with Crippen molar-refractivity contribution in [3.8, 4) is 11.8 Å². The summed E-state index contributed by atoms with van der Waals surface area (Å²) in [7, 11) is 1.44. The van der Waals surface area contributed by atoms with Gasteiger partial charge in [0.05, 0.1) is 7.11 Å². The fourth-order valence-electron chi connectivity index (χ4n) is 1.42. The Bertz CT molecular complexity index is 568. The zero-order chi connectivity index (χ0) is 13.7. The Balaban J connectivity index is 1.86. The minimum atomic E-state index is -0.331. The van der Waals surface area contributed by atoms with E-state index in [1.807, 2.05) is 25.1 Å². The van der Waals surface area contributed by atoms with Crippen LogP contribution in [0.3, 0.4) is 0 Å². The molecular weight excluding hydrogens is 248 g/mol. The lowest BCUT2D eigenvalue weighted by molar-refractivity contribution is -0.118. The molecular formula is C12H14N4O3. The maximum absolute atomic E-state index is 11.6. The van der Waals surface area contributed by atoms with Crippen LogP contribution in [0.5, 0.6) is 11.8 Å². The van der Waals surface area contributed by atoms with Crippen LogP contribution in [0, 0.1) is 6.92 Å². The summed E-state index contributed by atoms with van der Waals surface area (Å²) < 4.78 is 10.2. The maximum Gasteiger partial charge on any atom is 0.336 e. The summed E-state index contributed by atoms with van der Waals surface area (Å²) in [6, 6.07) is 7.63. The fraction of sp³-hybridized carbons (Fsp3) is 0.250. The summed E-state index contributed by atoms with van der Waals surface area (Å²) in [5, 5.41) is 8.74. The van der Waals surface area contributed by atoms with Gasteiger partial charge in [-0.1, -0.05) is 18.2 Å². The van der Waals surface area contributed by atoms with Crippen LogP contribution in [0.25, 0.3) is 0 Å². The van der Waals surface area contributed by atoms with E-state index < -0.39 is 0 Å². The Labute approximate surface area is 110 Å². The number of methoxy groups -OCH3 is 1. The van der Waals surface area contributed by atoms with E-state index >= 15 is 0 Å². The second-order valence-corrected chi connectivity index (χ2v) is 3.77. The van der Waals surface area contributed by atoms with Crippen LogP contribution in [0.4, 0.5) is 5.95 Å². The number of nitrogens with one attached hydrogen (secondary N) is 2. The Morgan fingerprint density at radius 2 is 2.21 bits per heavy atom. The molecule has 0 bridgehead atoms. The van der Waals surface area contributed by atoms with Gasteiger partial charge in [-0.05, 0) is 18.6 Å². The number of ether oxygens (including phenoxy) is 2. The Hall–Kier alpha value is -2.57. The number of H-pyrrole nitrogens is 1. The average Bonchev–Trinajstić information content (AvgIpc) is 2.85. The van der Waals surface area contributed by atoms with E-state index in [0.29, 0.717) is 5.75 Å². The smallest absolute Gasteiger partial charge is 0.336 e. The van der Waals surface area contributed by atoms with Crippen molar-refractivity contribution >= 4 is 11.9 Å². The van der Waals surface area contributed by atoms with Gasteiger partial charge in [0.25, 0.3) is 5.91 Å². The molecule has 0 unspecified atom stereocenters. The summed E-state index contributed by atoms with van der Waals surface area (Å²) in [6.45, 7) is 1.81. The van der Waals surface area contributed by atoms with Gasteiger partial charge in [-0.3, -0.25) is 10.1 Å². The monoisotopic (exact) mass is 262 g/mol. The number of amides is 1. The molecule has 2 N–H and O–H groups in total. The van der Waals surface area contributed by atoms with Crippen molar-refractivity contribution in [2.75, 3.05) is 19.0 Å². The molecule has 0 fully saturated rings. The van der Waals surface area contributed by atoms with Crippen LogP contribution >= 0.6 is 0 Å². The predicted molar refractivity (Wildman–Crippen MR) is 68.2 cm³/mol. The average molecular weight is 262 g/mol. The largest absolute Gasteiger partial charge is 0.483 e. The number of aromatic nitrogens is 3. The van der Waals surface area contributed by atoms with Crippen molar-refractivity contribution in [3.05, 3.63) is 29.8 Å². The Kier molecular flexibility index (Phi) is 3.97. The molecule has 0 saturated heterocycles. The molecule has 1 aromatic carbocycles. The molecule has 1 amide bonds. The number of hydrogen-bond donors (Lipinski definition) is 2. The molecule has 100 valence electrons. The molecule has 0 aliphatic rings. The zero-order valence-corrected chi connectivity index (χ0v) is 10.6. The summed E-state index contributed by atoms with van der Waals surface area (Å²) in [5.41, 5.74) is 0.969. The summed E-state index contributed by atoms with van der Waals surface area (Å²) in [5.74, 6) is 0.560. The molecule has 0 saturated carbocycles. The van der Waals surface area contributed by atoms with Gasteiger partial charge in [0.1, 0.15) is 5.75 Å². The fourth-order valence-corrected chi connectivity index (χ4v) is 1.42. The van der Waals surface area contributed by atoms with Crippen molar-refractivity contribution in [3.63, 3.8) is 0 Å². The molecule has 2 rings (SSSR count). The van der Waals surface area contributed by atoms with E-state index in [4.69, 9.17) is 9.47 Å². The third kappa shape index (κ3) is 3.44. The van der Waals surface area contributed by atoms with E-state index in [1.165, 1.54) is 7.11 Å². The quantitative estimate of drug-likeness (QED) is 0.843. The lowest BCUT2D eigenvalue weighted by atomic mass is 10.2. The highest BCUT2D eigenvalue weighted by Crippen LogP contribution is 2.15. The van der Waals surface area contributed by atoms with Crippen LogP contribution in [-0.4, -0.2) is 34.8 Å². The lowest BCUT2D eigenvalue weighted by Crippen LogP contribution is -2.21. The summed E-state index contributed by atoms with van der Waals surface area (Å²) in [6.07, 6.45) is 0. The normalized spacial score (nSPS) is 10.0. The van der Waals surface area contributed by atoms with Gasteiger partial charge in [0.2, 0.25) is 5.95 Å². The molecule has 1 aromatic heterocycles. The van der Waals surface area contributed by atoms with Gasteiger partial charge in [0, 0.05) is 0 Å². The molecule has 1 heterocycles. The SMILES string of the molecule is COc1n[nH]c(NC(=O)COc2ccccc2C)n1. The van der Waals surface area contributed by atoms with E-state index in [0.717, 1.165) is 5.56 Å². The van der Waals surface area contributed by atoms with Crippen molar-refractivity contribution in [2.24, 2.45) is 0 Å². The highest BCUT2D eigenvalue weighted by Gasteiger charge is 2.08. The van der Waals surface area contributed by atoms with Crippen molar-refractivity contribution < 1.29 is 14.3 Å². The number of hydrogen-bond acceptors (Lipinski definition) is 5. The molecule has 19 heavy (non-hydrogen) atoms. The third-order valence-corrected chi connectivity index (χ3v) is 2.36. The van der Waals surface area contributed by atoms with E-state index in [1.54, 1.807) is 6.07 Å². The number of rotatable bonds is 5. The molecule has 0 atom stereocenters. The highest BCUT2D eigenvalue weighted by atomic mass is 16.5. The van der Waals surface area contributed by atoms with Gasteiger partial charge in [-0.15, -0.1) is 5.10 Å². The van der Waals surface area contributed by atoms with Crippen LogP contribution in [0.15, 0.2) is 24.3 Å². The lowest BCUT2D eigenvalue weighted by Gasteiger charge is -2.07. The first-order valence-corrected chi connectivity index (χ1v) is 5.63. The molecule has 0 aliphatic heterocycles. The van der Waals surface area contributed by atoms with Gasteiger partial charge in [-0.25, -0.2) is 5.10 Å². The highest BCUT2D eigenvalue weighted by molar-refractivity contribution is 5.90. The first-order chi connectivity index (χ1) is 9.19. The van der Waals surface area contributed by atoms with Crippen LogP contribution in [-0.2, 0) is 4.79 Å². The van der Waals surface area contributed by atoms with Gasteiger partial charge in [-0.2, -0.15) is 4.98 Å². The molecule has 0 spiro atoms. The number of aromatic amines is 1. The number of aryl methyl sites for hydroxylation is 1. The van der Waals surface area contributed by atoms with Gasteiger partial charge in [0.15, 0.2) is 6.61 Å². The van der Waals surface area contributed by atoms with E-state index in [2.05, 4.69) is 20.5 Å². The van der Waals surface area contributed by atoms with Crippen molar-refractivity contribution in [1.29, 1.82) is 0 Å². The standard InChI is InChI=1S/C12H14N4O3/c1-8-5-3-4-6-9(8)19-7-10(17)13-11-14-12(18-2)16-15-11/h3-6H,7H2,1-2H3,(H2,13,14,15,16,17). The van der Waals surface area contributed by atoms with Gasteiger partial charge >= 0.3 is 6.01 Å². The van der Waals surface area contributed by atoms with Crippen LogP contribution in [0.2, 0.25) is 0 Å². The van der Waals surface area contributed by atoms with E-state index in [-0.39, 0.29) is 24.5 Å². The Morgan fingerprint density at radius 3 is 2.89 bits per heavy atom. The zero-order valence-electron chi connectivity index (χ0n) is 10.6. The Morgan fingerprint density at radius 1 is 1.42 bits per heavy atom. The summed E-state index contributed by atoms with van der Waals surface area (Å²) in [4.78, 5) is 15.5. The molecule has 0 aliphatic carbocycles.